The van der Waals surface area contributed by atoms with Crippen LogP contribution in [-0.4, -0.2) is 57.7 Å². The maximum absolute atomic E-state index is 12.7. The minimum absolute atomic E-state index is 0.0983. The van der Waals surface area contributed by atoms with Crippen molar-refractivity contribution in [2.75, 3.05) is 32.8 Å². The van der Waals surface area contributed by atoms with E-state index < -0.39 is 0 Å². The number of carbonyl (C=O) groups is 1. The number of unbranched alkanes of at least 4 members (excludes halogenated alkanes) is 4. The van der Waals surface area contributed by atoms with Crippen LogP contribution in [-0.2, 0) is 9.45 Å². The molecular weight excluding hydrogens is 379 g/mol. The van der Waals surface area contributed by atoms with Crippen molar-refractivity contribution >= 4 is 14.0 Å². The van der Waals surface area contributed by atoms with Crippen molar-refractivity contribution in [3.8, 4) is 11.5 Å². The molecule has 2 heterocycles. The normalized spacial score (nSPS) is 18.2. The average molecular weight is 416 g/mol. The summed E-state index contributed by atoms with van der Waals surface area (Å²) in [6, 6.07) is 5.86. The first-order valence-corrected chi connectivity index (χ1v) is 11.6. The Labute approximate surface area is 182 Å². The topological polar surface area (TPSA) is 60.0 Å². The standard InChI is InChI=1S/C23H37BN2O4/c1-2-3-4-5-6-9-22(27)25-19(17-26-12-7-8-13-26)23(30-24)18-10-11-20-21(16-18)29-15-14-28-20/h10-11,16,19,23H,2-9,12-15,17,24H2,1H3,(H,25,27). The molecule has 1 aromatic carbocycles. The fraction of sp³-hybridized carbons (Fsp3) is 0.696. The van der Waals surface area contributed by atoms with Crippen LogP contribution in [0.25, 0.3) is 0 Å². The van der Waals surface area contributed by atoms with Crippen molar-refractivity contribution < 1.29 is 18.9 Å². The van der Waals surface area contributed by atoms with E-state index in [2.05, 4.69) is 17.1 Å². The van der Waals surface area contributed by atoms with Crippen LogP contribution in [0.5, 0.6) is 11.5 Å². The van der Waals surface area contributed by atoms with Gasteiger partial charge in [0.1, 0.15) is 13.2 Å². The van der Waals surface area contributed by atoms with Gasteiger partial charge in [0, 0.05) is 13.0 Å². The Hall–Kier alpha value is -1.73. The van der Waals surface area contributed by atoms with E-state index >= 15 is 0 Å². The molecule has 2 atom stereocenters. The number of fused-ring (bicyclic) bond motifs is 1. The summed E-state index contributed by atoms with van der Waals surface area (Å²) in [5.41, 5.74) is 1.01. The molecule has 0 radical (unpaired) electrons. The highest BCUT2D eigenvalue weighted by molar-refractivity contribution is 5.98. The molecular formula is C23H37BN2O4. The van der Waals surface area contributed by atoms with Crippen molar-refractivity contribution in [2.24, 2.45) is 0 Å². The van der Waals surface area contributed by atoms with Crippen LogP contribution in [0, 0.1) is 0 Å². The molecule has 6 nitrogen and oxygen atoms in total. The summed E-state index contributed by atoms with van der Waals surface area (Å²) in [7, 11) is 1.72. The van der Waals surface area contributed by atoms with E-state index in [4.69, 9.17) is 14.1 Å². The molecule has 0 saturated carbocycles. The van der Waals surface area contributed by atoms with Gasteiger partial charge in [-0.3, -0.25) is 4.79 Å². The van der Waals surface area contributed by atoms with Gasteiger partial charge in [-0.2, -0.15) is 0 Å². The second kappa shape index (κ2) is 12.2. The molecule has 2 unspecified atom stereocenters. The van der Waals surface area contributed by atoms with Gasteiger partial charge >= 0.3 is 0 Å². The van der Waals surface area contributed by atoms with Gasteiger partial charge in [-0.25, -0.2) is 0 Å². The molecule has 3 rings (SSSR count). The average Bonchev–Trinajstić information content (AvgIpc) is 3.27. The predicted molar refractivity (Wildman–Crippen MR) is 121 cm³/mol. The van der Waals surface area contributed by atoms with Gasteiger partial charge in [-0.15, -0.1) is 0 Å². The number of benzene rings is 1. The van der Waals surface area contributed by atoms with E-state index in [0.29, 0.717) is 19.6 Å². The molecule has 0 spiro atoms. The zero-order valence-electron chi connectivity index (χ0n) is 18.7. The van der Waals surface area contributed by atoms with Crippen molar-refractivity contribution in [1.82, 2.24) is 10.2 Å². The van der Waals surface area contributed by atoms with Crippen molar-refractivity contribution in [2.45, 2.75) is 70.4 Å². The first kappa shape index (κ1) is 22.9. The van der Waals surface area contributed by atoms with Gasteiger partial charge in [-0.05, 0) is 50.0 Å². The highest BCUT2D eigenvalue weighted by Crippen LogP contribution is 2.34. The van der Waals surface area contributed by atoms with Gasteiger partial charge in [0.25, 0.3) is 8.05 Å². The number of nitrogens with one attached hydrogen (secondary N) is 1. The first-order valence-electron chi connectivity index (χ1n) is 11.6. The van der Waals surface area contributed by atoms with Gasteiger partial charge in [-0.1, -0.05) is 38.7 Å². The summed E-state index contributed by atoms with van der Waals surface area (Å²) in [6.07, 6.45) is 8.53. The van der Waals surface area contributed by atoms with E-state index in [9.17, 15) is 4.79 Å². The van der Waals surface area contributed by atoms with E-state index in [1.807, 2.05) is 18.2 Å². The molecule has 0 bridgehead atoms. The second-order valence-corrected chi connectivity index (χ2v) is 8.41. The first-order chi connectivity index (χ1) is 14.7. The smallest absolute Gasteiger partial charge is 0.258 e. The van der Waals surface area contributed by atoms with Crippen LogP contribution in [0.15, 0.2) is 18.2 Å². The lowest BCUT2D eigenvalue weighted by molar-refractivity contribution is -0.122. The molecule has 1 aromatic rings. The second-order valence-electron chi connectivity index (χ2n) is 8.41. The summed E-state index contributed by atoms with van der Waals surface area (Å²) in [4.78, 5) is 15.1. The lowest BCUT2D eigenvalue weighted by Gasteiger charge is -2.32. The number of carbonyl (C=O) groups excluding carboxylic acids is 1. The molecule has 1 amide bonds. The summed E-state index contributed by atoms with van der Waals surface area (Å²) in [5, 5.41) is 3.29. The van der Waals surface area contributed by atoms with Crippen LogP contribution in [0.4, 0.5) is 0 Å². The number of ether oxygens (including phenoxy) is 2. The van der Waals surface area contributed by atoms with Gasteiger partial charge in [0.2, 0.25) is 5.91 Å². The van der Waals surface area contributed by atoms with Crippen molar-refractivity contribution in [3.63, 3.8) is 0 Å². The molecule has 166 valence electrons. The largest absolute Gasteiger partial charge is 0.486 e. The lowest BCUT2D eigenvalue weighted by atomic mass is 9.99. The Kier molecular flexibility index (Phi) is 9.34. The van der Waals surface area contributed by atoms with E-state index in [1.54, 1.807) is 8.05 Å². The third kappa shape index (κ3) is 6.64. The summed E-state index contributed by atoms with van der Waals surface area (Å²) in [6.45, 7) is 6.31. The highest BCUT2D eigenvalue weighted by Gasteiger charge is 2.28. The number of hydrogen-bond donors (Lipinski definition) is 1. The number of nitrogens with zero attached hydrogens (tertiary/aromatic N) is 1. The molecule has 2 aliphatic rings. The molecule has 1 N–H and O–H groups in total. The Balaban J connectivity index is 1.66. The number of rotatable bonds is 12. The van der Waals surface area contributed by atoms with Gasteiger partial charge < -0.3 is 24.3 Å². The van der Waals surface area contributed by atoms with Gasteiger partial charge in [0.15, 0.2) is 11.5 Å². The Bertz CT molecular complexity index is 667. The third-order valence-corrected chi connectivity index (χ3v) is 6.02. The van der Waals surface area contributed by atoms with Crippen molar-refractivity contribution in [3.05, 3.63) is 23.8 Å². The molecule has 2 aliphatic heterocycles. The molecule has 0 aromatic heterocycles. The third-order valence-electron chi connectivity index (χ3n) is 6.02. The maximum atomic E-state index is 12.7. The zero-order valence-corrected chi connectivity index (χ0v) is 18.7. The van der Waals surface area contributed by atoms with Crippen LogP contribution < -0.4 is 14.8 Å². The summed E-state index contributed by atoms with van der Waals surface area (Å²) >= 11 is 0. The fourth-order valence-electron chi connectivity index (χ4n) is 4.40. The maximum Gasteiger partial charge on any atom is 0.258 e. The Morgan fingerprint density at radius 2 is 1.87 bits per heavy atom. The number of likely N-dealkylation sites (tertiary alicyclic amines) is 1. The van der Waals surface area contributed by atoms with Gasteiger partial charge in [0.05, 0.1) is 12.1 Å². The fourth-order valence-corrected chi connectivity index (χ4v) is 4.40. The minimum atomic E-state index is -0.231. The van der Waals surface area contributed by atoms with Crippen molar-refractivity contribution in [1.29, 1.82) is 0 Å². The molecule has 30 heavy (non-hydrogen) atoms. The van der Waals surface area contributed by atoms with Crippen LogP contribution in [0.2, 0.25) is 0 Å². The Morgan fingerprint density at radius 1 is 1.13 bits per heavy atom. The molecule has 1 saturated heterocycles. The predicted octanol–water partition coefficient (Wildman–Crippen LogP) is 3.00. The molecule has 1 fully saturated rings. The summed E-state index contributed by atoms with van der Waals surface area (Å²) < 4.78 is 17.3. The quantitative estimate of drug-likeness (QED) is 0.419. The van der Waals surface area contributed by atoms with Crippen LogP contribution >= 0.6 is 0 Å². The molecule has 7 heteroatoms. The van der Waals surface area contributed by atoms with Crippen LogP contribution in [0.1, 0.15) is 70.0 Å². The lowest BCUT2D eigenvalue weighted by Crippen LogP contribution is -2.47. The van der Waals surface area contributed by atoms with E-state index in [-0.39, 0.29) is 18.1 Å². The van der Waals surface area contributed by atoms with Crippen LogP contribution in [0.3, 0.4) is 0 Å². The van der Waals surface area contributed by atoms with E-state index in [0.717, 1.165) is 49.5 Å². The van der Waals surface area contributed by atoms with E-state index in [1.165, 1.54) is 32.1 Å². The Morgan fingerprint density at radius 3 is 2.60 bits per heavy atom. The minimum Gasteiger partial charge on any atom is -0.486 e. The summed E-state index contributed by atoms with van der Waals surface area (Å²) in [5.74, 6) is 1.64. The zero-order chi connectivity index (χ0) is 21.2. The number of hydrogen-bond acceptors (Lipinski definition) is 5. The number of amides is 1. The monoisotopic (exact) mass is 416 g/mol. The highest BCUT2D eigenvalue weighted by atomic mass is 16.6. The SMILES string of the molecule is BOC(c1ccc2c(c1)OCCO2)C(CN1CCCC1)NC(=O)CCCCCCC. The molecule has 0 aliphatic carbocycles.